The Labute approximate surface area is 143 Å². The Kier molecular flexibility index (Phi) is 6.31. The van der Waals surface area contributed by atoms with E-state index >= 15 is 0 Å². The number of nitroso groups, excluding NO2 is 1. The van der Waals surface area contributed by atoms with E-state index in [1.54, 1.807) is 4.90 Å². The molecular formula is C18H26N2O4. The predicted octanol–water partition coefficient (Wildman–Crippen LogP) is 3.87. The van der Waals surface area contributed by atoms with Gasteiger partial charge >= 0.3 is 6.09 Å². The Morgan fingerprint density at radius 2 is 1.79 bits per heavy atom. The Morgan fingerprint density at radius 3 is 2.33 bits per heavy atom. The van der Waals surface area contributed by atoms with Gasteiger partial charge in [0.1, 0.15) is 12.1 Å². The number of amides is 1. The van der Waals surface area contributed by atoms with Crippen LogP contribution in [0.2, 0.25) is 0 Å². The van der Waals surface area contributed by atoms with Gasteiger partial charge in [0.15, 0.2) is 0 Å². The molecule has 1 heterocycles. The van der Waals surface area contributed by atoms with Gasteiger partial charge in [0.05, 0.1) is 0 Å². The first-order chi connectivity index (χ1) is 11.4. The van der Waals surface area contributed by atoms with Crippen molar-refractivity contribution < 1.29 is 14.3 Å². The van der Waals surface area contributed by atoms with Crippen molar-refractivity contribution in [2.45, 2.75) is 58.3 Å². The van der Waals surface area contributed by atoms with E-state index in [0.717, 1.165) is 24.0 Å². The van der Waals surface area contributed by atoms with Crippen LogP contribution in [0.4, 0.5) is 4.79 Å². The van der Waals surface area contributed by atoms with E-state index < -0.39 is 5.60 Å². The molecule has 1 aliphatic rings. The molecule has 1 amide bonds. The summed E-state index contributed by atoms with van der Waals surface area (Å²) in [5.41, 5.74) is 1.34. The van der Waals surface area contributed by atoms with Crippen LogP contribution in [0.5, 0.6) is 0 Å². The highest BCUT2D eigenvalue weighted by molar-refractivity contribution is 5.68. The molecule has 24 heavy (non-hydrogen) atoms. The van der Waals surface area contributed by atoms with Crippen molar-refractivity contribution in [3.8, 4) is 0 Å². The minimum Gasteiger partial charge on any atom is -0.444 e. The van der Waals surface area contributed by atoms with Gasteiger partial charge in [-0.1, -0.05) is 29.4 Å². The van der Waals surface area contributed by atoms with Crippen LogP contribution in [0.15, 0.2) is 29.4 Å². The fraction of sp³-hybridized carbons (Fsp3) is 0.611. The highest BCUT2D eigenvalue weighted by Crippen LogP contribution is 2.21. The maximum absolute atomic E-state index is 12.6. The van der Waals surface area contributed by atoms with Crippen molar-refractivity contribution in [3.05, 3.63) is 40.3 Å². The van der Waals surface area contributed by atoms with Gasteiger partial charge in [-0.05, 0) is 44.7 Å². The molecule has 6 heteroatoms. The third-order valence-electron chi connectivity index (χ3n) is 3.88. The largest absolute Gasteiger partial charge is 0.444 e. The lowest BCUT2D eigenvalue weighted by Crippen LogP contribution is -2.45. The molecule has 0 radical (unpaired) electrons. The summed E-state index contributed by atoms with van der Waals surface area (Å²) in [6.07, 6.45) is 1.33. The normalized spacial score (nSPS) is 15.8. The third kappa shape index (κ3) is 5.60. The van der Waals surface area contributed by atoms with Crippen LogP contribution in [0.1, 0.15) is 44.7 Å². The molecule has 1 fully saturated rings. The van der Waals surface area contributed by atoms with E-state index in [0.29, 0.717) is 19.8 Å². The SMILES string of the molecule is CC(C)(C)OC(=O)N(Cc1ccc(CN=O)cc1)C1CCOCC1. The quantitative estimate of drug-likeness (QED) is 0.767. The fourth-order valence-corrected chi connectivity index (χ4v) is 2.68. The number of ether oxygens (including phenoxy) is 2. The molecule has 0 aliphatic carbocycles. The highest BCUT2D eigenvalue weighted by Gasteiger charge is 2.29. The van der Waals surface area contributed by atoms with Crippen molar-refractivity contribution in [2.24, 2.45) is 5.18 Å². The maximum Gasteiger partial charge on any atom is 0.410 e. The molecule has 1 aromatic carbocycles. The number of hydrogen-bond acceptors (Lipinski definition) is 5. The summed E-state index contributed by atoms with van der Waals surface area (Å²) in [7, 11) is 0. The van der Waals surface area contributed by atoms with Crippen LogP contribution in [0.3, 0.4) is 0 Å². The van der Waals surface area contributed by atoms with Gasteiger partial charge in [0, 0.05) is 25.8 Å². The summed E-state index contributed by atoms with van der Waals surface area (Å²) < 4.78 is 11.0. The molecule has 1 saturated heterocycles. The number of carbonyl (C=O) groups excluding carboxylic acids is 1. The summed E-state index contributed by atoms with van der Waals surface area (Å²) >= 11 is 0. The Bertz CT molecular complexity index is 545. The molecule has 0 aromatic heterocycles. The lowest BCUT2D eigenvalue weighted by atomic mass is 10.1. The highest BCUT2D eigenvalue weighted by atomic mass is 16.6. The Hall–Kier alpha value is -1.95. The standard InChI is InChI=1S/C18H26N2O4/c1-18(2,3)24-17(21)20(16-8-10-23-11-9-16)13-15-6-4-14(5-7-15)12-19-22/h4-7,16H,8-13H2,1-3H3. The first-order valence-corrected chi connectivity index (χ1v) is 8.33. The van der Waals surface area contributed by atoms with E-state index in [1.807, 2.05) is 45.0 Å². The molecule has 0 N–H and O–H groups in total. The Balaban J connectivity index is 2.12. The fourth-order valence-electron chi connectivity index (χ4n) is 2.68. The van der Waals surface area contributed by atoms with E-state index in [1.165, 1.54) is 0 Å². The zero-order valence-corrected chi connectivity index (χ0v) is 14.7. The van der Waals surface area contributed by atoms with Crippen molar-refractivity contribution in [1.82, 2.24) is 4.90 Å². The smallest absolute Gasteiger partial charge is 0.410 e. The van der Waals surface area contributed by atoms with E-state index in [-0.39, 0.29) is 18.7 Å². The Morgan fingerprint density at radius 1 is 1.21 bits per heavy atom. The molecule has 0 atom stereocenters. The first-order valence-electron chi connectivity index (χ1n) is 8.33. The molecule has 0 unspecified atom stereocenters. The average Bonchev–Trinajstić information content (AvgIpc) is 2.53. The maximum atomic E-state index is 12.6. The first kappa shape index (κ1) is 18.4. The van der Waals surface area contributed by atoms with Gasteiger partial charge in [0.2, 0.25) is 0 Å². The molecule has 0 spiro atoms. The number of hydrogen-bond donors (Lipinski definition) is 0. The summed E-state index contributed by atoms with van der Waals surface area (Å²) in [4.78, 5) is 24.8. The predicted molar refractivity (Wildman–Crippen MR) is 91.6 cm³/mol. The number of rotatable bonds is 5. The van der Waals surface area contributed by atoms with E-state index in [4.69, 9.17) is 9.47 Å². The lowest BCUT2D eigenvalue weighted by molar-refractivity contribution is -0.00808. The van der Waals surface area contributed by atoms with E-state index in [2.05, 4.69) is 5.18 Å². The van der Waals surface area contributed by atoms with Gasteiger partial charge in [-0.2, -0.15) is 4.91 Å². The van der Waals surface area contributed by atoms with Crippen LogP contribution in [0, 0.1) is 4.91 Å². The van der Waals surface area contributed by atoms with Crippen molar-refractivity contribution in [3.63, 3.8) is 0 Å². The second-order valence-corrected chi connectivity index (χ2v) is 7.06. The molecular weight excluding hydrogens is 308 g/mol. The molecule has 132 valence electrons. The molecule has 0 bridgehead atoms. The van der Waals surface area contributed by atoms with Crippen LogP contribution < -0.4 is 0 Å². The summed E-state index contributed by atoms with van der Waals surface area (Å²) in [6, 6.07) is 7.71. The van der Waals surface area contributed by atoms with E-state index in [9.17, 15) is 9.70 Å². The second kappa shape index (κ2) is 8.24. The van der Waals surface area contributed by atoms with Crippen LogP contribution in [0.25, 0.3) is 0 Å². The minimum atomic E-state index is -0.528. The van der Waals surface area contributed by atoms with Gasteiger partial charge < -0.3 is 14.4 Å². The zero-order chi connectivity index (χ0) is 17.6. The molecule has 2 rings (SSSR count). The lowest BCUT2D eigenvalue weighted by Gasteiger charge is -2.35. The van der Waals surface area contributed by atoms with Crippen LogP contribution in [-0.4, -0.2) is 35.8 Å². The van der Waals surface area contributed by atoms with Crippen LogP contribution in [-0.2, 0) is 22.6 Å². The van der Waals surface area contributed by atoms with Gasteiger partial charge in [-0.3, -0.25) is 0 Å². The molecule has 1 aromatic rings. The van der Waals surface area contributed by atoms with Crippen molar-refractivity contribution in [1.29, 1.82) is 0 Å². The summed E-state index contributed by atoms with van der Waals surface area (Å²) in [5, 5.41) is 2.89. The summed E-state index contributed by atoms with van der Waals surface area (Å²) in [6.45, 7) is 7.57. The second-order valence-electron chi connectivity index (χ2n) is 7.06. The monoisotopic (exact) mass is 334 g/mol. The third-order valence-corrected chi connectivity index (χ3v) is 3.88. The average molecular weight is 334 g/mol. The van der Waals surface area contributed by atoms with Gasteiger partial charge in [-0.25, -0.2) is 4.79 Å². The topological polar surface area (TPSA) is 68.2 Å². The van der Waals surface area contributed by atoms with Gasteiger partial charge in [0.25, 0.3) is 0 Å². The van der Waals surface area contributed by atoms with Crippen molar-refractivity contribution in [2.75, 3.05) is 13.2 Å². The number of nitrogens with zero attached hydrogens (tertiary/aromatic N) is 2. The molecule has 1 aliphatic heterocycles. The minimum absolute atomic E-state index is 0.116. The number of carbonyl (C=O) groups is 1. The summed E-state index contributed by atoms with van der Waals surface area (Å²) in [5.74, 6) is 0. The molecule has 0 saturated carbocycles. The van der Waals surface area contributed by atoms with Gasteiger partial charge in [-0.15, -0.1) is 0 Å². The van der Waals surface area contributed by atoms with Crippen LogP contribution >= 0.6 is 0 Å². The zero-order valence-electron chi connectivity index (χ0n) is 14.7. The van der Waals surface area contributed by atoms with Crippen molar-refractivity contribution >= 4 is 6.09 Å². The molecule has 6 nitrogen and oxygen atoms in total. The number of benzene rings is 1.